The zero-order valence-corrected chi connectivity index (χ0v) is 16.9. The maximum absolute atomic E-state index is 12.2. The molecular weight excluding hydrogens is 426 g/mol. The molecule has 1 N–H and O–H groups in total. The second-order valence-electron chi connectivity index (χ2n) is 5.86. The molecule has 0 saturated carbocycles. The SMILES string of the molecule is CN(C)S(=O)(=O)c1ccc(Cl)c(C(=O)OCC(=O)Nc2cccc([N+](=O)[O-])c2)c1. The summed E-state index contributed by atoms with van der Waals surface area (Å²) >= 11 is 5.94. The fourth-order valence-corrected chi connectivity index (χ4v) is 3.26. The largest absolute Gasteiger partial charge is 0.452 e. The number of hydrogen-bond acceptors (Lipinski definition) is 7. The van der Waals surface area contributed by atoms with Crippen LogP contribution in [-0.2, 0) is 19.6 Å². The molecular formula is C17H16ClN3O7S. The van der Waals surface area contributed by atoms with Crippen LogP contribution >= 0.6 is 11.6 Å². The summed E-state index contributed by atoms with van der Waals surface area (Å²) < 4.78 is 30.2. The van der Waals surface area contributed by atoms with Crippen molar-refractivity contribution in [1.29, 1.82) is 0 Å². The fourth-order valence-electron chi connectivity index (χ4n) is 2.14. The summed E-state index contributed by atoms with van der Waals surface area (Å²) in [5.74, 6) is -1.74. The molecule has 0 aromatic heterocycles. The summed E-state index contributed by atoms with van der Waals surface area (Å²) in [4.78, 5) is 34.1. The average Bonchev–Trinajstić information content (AvgIpc) is 2.66. The Balaban J connectivity index is 2.08. The number of halogens is 1. The average molecular weight is 442 g/mol. The summed E-state index contributed by atoms with van der Waals surface area (Å²) in [6, 6.07) is 8.74. The van der Waals surface area contributed by atoms with Crippen LogP contribution in [0.2, 0.25) is 5.02 Å². The molecule has 0 aliphatic carbocycles. The molecule has 0 heterocycles. The van der Waals surface area contributed by atoms with Gasteiger partial charge in [-0.2, -0.15) is 0 Å². The molecule has 12 heteroatoms. The van der Waals surface area contributed by atoms with E-state index in [1.54, 1.807) is 0 Å². The molecule has 154 valence electrons. The molecule has 0 atom stereocenters. The van der Waals surface area contributed by atoms with Crippen LogP contribution in [0.15, 0.2) is 47.4 Å². The number of carbonyl (C=O) groups is 2. The highest BCUT2D eigenvalue weighted by atomic mass is 35.5. The molecule has 1 amide bonds. The van der Waals surface area contributed by atoms with Gasteiger partial charge in [-0.15, -0.1) is 0 Å². The van der Waals surface area contributed by atoms with Crippen molar-refractivity contribution in [1.82, 2.24) is 4.31 Å². The van der Waals surface area contributed by atoms with Crippen molar-refractivity contribution in [3.8, 4) is 0 Å². The summed E-state index contributed by atoms with van der Waals surface area (Å²) in [6.07, 6.45) is 0. The lowest BCUT2D eigenvalue weighted by atomic mass is 10.2. The number of ether oxygens (including phenoxy) is 1. The van der Waals surface area contributed by atoms with Crippen molar-refractivity contribution in [2.24, 2.45) is 0 Å². The van der Waals surface area contributed by atoms with E-state index in [1.165, 1.54) is 44.4 Å². The maximum Gasteiger partial charge on any atom is 0.340 e. The smallest absolute Gasteiger partial charge is 0.340 e. The summed E-state index contributed by atoms with van der Waals surface area (Å²) in [5, 5.41) is 13.1. The Labute approximate surface area is 171 Å². The topological polar surface area (TPSA) is 136 Å². The Morgan fingerprint density at radius 3 is 2.52 bits per heavy atom. The highest BCUT2D eigenvalue weighted by Gasteiger charge is 2.22. The highest BCUT2D eigenvalue weighted by molar-refractivity contribution is 7.89. The predicted molar refractivity (Wildman–Crippen MR) is 104 cm³/mol. The summed E-state index contributed by atoms with van der Waals surface area (Å²) in [7, 11) is -1.13. The lowest BCUT2D eigenvalue weighted by Crippen LogP contribution is -2.23. The molecule has 0 unspecified atom stereocenters. The number of hydrogen-bond donors (Lipinski definition) is 1. The van der Waals surface area contributed by atoms with Gasteiger partial charge in [0, 0.05) is 31.9 Å². The van der Waals surface area contributed by atoms with Gasteiger partial charge in [-0.1, -0.05) is 17.7 Å². The number of sulfonamides is 1. The number of amides is 1. The first-order chi connectivity index (χ1) is 13.5. The Hall–Kier alpha value is -3.02. The highest BCUT2D eigenvalue weighted by Crippen LogP contribution is 2.23. The first-order valence-electron chi connectivity index (χ1n) is 7.96. The second kappa shape index (κ2) is 8.99. The minimum atomic E-state index is -3.80. The van der Waals surface area contributed by atoms with Gasteiger partial charge in [-0.05, 0) is 24.3 Å². The Morgan fingerprint density at radius 2 is 1.90 bits per heavy atom. The van der Waals surface area contributed by atoms with E-state index in [1.807, 2.05) is 0 Å². The van der Waals surface area contributed by atoms with Crippen LogP contribution in [-0.4, -0.2) is 50.2 Å². The molecule has 0 aliphatic heterocycles. The van der Waals surface area contributed by atoms with Crippen molar-refractivity contribution < 1.29 is 27.7 Å². The standard InChI is InChI=1S/C17H16ClN3O7S/c1-20(2)29(26,27)13-6-7-15(18)14(9-13)17(23)28-10-16(22)19-11-4-3-5-12(8-11)21(24)25/h3-9H,10H2,1-2H3,(H,19,22). The van der Waals surface area contributed by atoms with Gasteiger partial charge in [0.25, 0.3) is 11.6 Å². The van der Waals surface area contributed by atoms with Crippen LogP contribution in [0.3, 0.4) is 0 Å². The number of nitro groups is 1. The molecule has 2 rings (SSSR count). The van der Waals surface area contributed by atoms with E-state index in [0.29, 0.717) is 0 Å². The van der Waals surface area contributed by atoms with Crippen LogP contribution in [0, 0.1) is 10.1 Å². The van der Waals surface area contributed by atoms with Gasteiger partial charge in [0.05, 0.1) is 20.4 Å². The van der Waals surface area contributed by atoms with Crippen LogP contribution in [0.4, 0.5) is 11.4 Å². The van der Waals surface area contributed by atoms with E-state index in [-0.39, 0.29) is 26.9 Å². The van der Waals surface area contributed by atoms with Gasteiger partial charge in [-0.3, -0.25) is 14.9 Å². The molecule has 0 radical (unpaired) electrons. The van der Waals surface area contributed by atoms with Gasteiger partial charge in [0.2, 0.25) is 10.0 Å². The molecule has 0 saturated heterocycles. The molecule has 2 aromatic carbocycles. The van der Waals surface area contributed by atoms with Crippen LogP contribution in [0.25, 0.3) is 0 Å². The van der Waals surface area contributed by atoms with Crippen molar-refractivity contribution in [3.05, 3.63) is 63.2 Å². The zero-order valence-electron chi connectivity index (χ0n) is 15.3. The van der Waals surface area contributed by atoms with E-state index in [4.69, 9.17) is 16.3 Å². The van der Waals surface area contributed by atoms with Crippen molar-refractivity contribution in [2.45, 2.75) is 4.90 Å². The minimum Gasteiger partial charge on any atom is -0.452 e. The number of nitrogens with one attached hydrogen (secondary N) is 1. The van der Waals surface area contributed by atoms with Crippen LogP contribution in [0.1, 0.15) is 10.4 Å². The Morgan fingerprint density at radius 1 is 1.21 bits per heavy atom. The fraction of sp³-hybridized carbons (Fsp3) is 0.176. The summed E-state index contributed by atoms with van der Waals surface area (Å²) in [5.41, 5.74) is -0.291. The second-order valence-corrected chi connectivity index (χ2v) is 8.42. The van der Waals surface area contributed by atoms with Crippen molar-refractivity contribution >= 4 is 44.9 Å². The Kier molecular flexibility index (Phi) is 6.90. The molecule has 0 fully saturated rings. The number of non-ortho nitro benzene ring substituents is 1. The number of anilines is 1. The lowest BCUT2D eigenvalue weighted by molar-refractivity contribution is -0.384. The first-order valence-corrected chi connectivity index (χ1v) is 9.77. The first kappa shape index (κ1) is 22.3. The number of nitro benzene ring substituents is 1. The van der Waals surface area contributed by atoms with Gasteiger partial charge < -0.3 is 10.1 Å². The van der Waals surface area contributed by atoms with Crippen LogP contribution in [0.5, 0.6) is 0 Å². The Bertz CT molecular complexity index is 1070. The molecule has 0 bridgehead atoms. The van der Waals surface area contributed by atoms with Crippen molar-refractivity contribution in [3.63, 3.8) is 0 Å². The zero-order chi connectivity index (χ0) is 21.8. The van der Waals surface area contributed by atoms with Crippen molar-refractivity contribution in [2.75, 3.05) is 26.0 Å². The molecule has 10 nitrogen and oxygen atoms in total. The van der Waals surface area contributed by atoms with Gasteiger partial charge >= 0.3 is 5.97 Å². The van der Waals surface area contributed by atoms with E-state index in [2.05, 4.69) is 5.32 Å². The monoisotopic (exact) mass is 441 g/mol. The molecule has 0 spiro atoms. The van der Waals surface area contributed by atoms with E-state index < -0.39 is 33.4 Å². The number of esters is 1. The van der Waals surface area contributed by atoms with Gasteiger partial charge in [-0.25, -0.2) is 17.5 Å². The third kappa shape index (κ3) is 5.50. The van der Waals surface area contributed by atoms with Gasteiger partial charge in [0.15, 0.2) is 6.61 Å². The predicted octanol–water partition coefficient (Wildman–Crippen LogP) is 2.29. The normalized spacial score (nSPS) is 11.2. The number of benzene rings is 2. The van der Waals surface area contributed by atoms with Crippen LogP contribution < -0.4 is 5.32 Å². The van der Waals surface area contributed by atoms with E-state index >= 15 is 0 Å². The maximum atomic E-state index is 12.2. The third-order valence-electron chi connectivity index (χ3n) is 3.61. The number of rotatable bonds is 7. The minimum absolute atomic E-state index is 0.0493. The third-order valence-corrected chi connectivity index (χ3v) is 5.75. The number of carbonyl (C=O) groups excluding carboxylic acids is 2. The number of nitrogens with zero attached hydrogens (tertiary/aromatic N) is 2. The molecule has 2 aromatic rings. The molecule has 29 heavy (non-hydrogen) atoms. The quantitative estimate of drug-likeness (QED) is 0.395. The summed E-state index contributed by atoms with van der Waals surface area (Å²) in [6.45, 7) is -0.706. The van der Waals surface area contributed by atoms with E-state index in [0.717, 1.165) is 16.4 Å². The lowest BCUT2D eigenvalue weighted by Gasteiger charge is -2.13. The van der Waals surface area contributed by atoms with Gasteiger partial charge in [0.1, 0.15) is 0 Å². The van der Waals surface area contributed by atoms with E-state index in [9.17, 15) is 28.1 Å². The molecule has 0 aliphatic rings.